The van der Waals surface area contributed by atoms with E-state index in [2.05, 4.69) is 9.78 Å². The average molecular weight is 356 g/mol. The maximum absolute atomic E-state index is 12.2. The summed E-state index contributed by atoms with van der Waals surface area (Å²) in [5.74, 6) is -2.17. The number of rotatable bonds is 4. The van der Waals surface area contributed by atoms with E-state index in [1.54, 1.807) is 30.3 Å². The molecule has 0 aliphatic carbocycles. The molecule has 0 atom stereocenters. The van der Waals surface area contributed by atoms with E-state index in [9.17, 15) is 14.4 Å². The lowest BCUT2D eigenvalue weighted by atomic mass is 9.92. The van der Waals surface area contributed by atoms with Crippen LogP contribution in [0.5, 0.6) is 5.75 Å². The third kappa shape index (κ3) is 5.73. The molecule has 0 bridgehead atoms. The smallest absolute Gasteiger partial charge is 0.390 e. The molecule has 2 aromatic carbocycles. The Labute approximate surface area is 151 Å². The van der Waals surface area contributed by atoms with Crippen molar-refractivity contribution < 1.29 is 28.9 Å². The lowest BCUT2D eigenvalue weighted by Crippen LogP contribution is -2.19. The highest BCUT2D eigenvalue weighted by molar-refractivity contribution is 5.94. The predicted octanol–water partition coefficient (Wildman–Crippen LogP) is 3.96. The van der Waals surface area contributed by atoms with Crippen LogP contribution in [-0.2, 0) is 14.6 Å². The van der Waals surface area contributed by atoms with Crippen molar-refractivity contribution in [1.29, 1.82) is 0 Å². The summed E-state index contributed by atoms with van der Waals surface area (Å²) < 4.78 is 5.25. The minimum atomic E-state index is -0.937. The van der Waals surface area contributed by atoms with Crippen LogP contribution in [-0.4, -0.2) is 17.9 Å². The number of ether oxygens (including phenoxy) is 1. The Morgan fingerprint density at radius 1 is 0.808 bits per heavy atom. The van der Waals surface area contributed by atoms with Crippen molar-refractivity contribution in [3.8, 4) is 5.75 Å². The Bertz CT molecular complexity index is 789. The summed E-state index contributed by atoms with van der Waals surface area (Å²) in [6, 6.07) is 14.2. The maximum atomic E-state index is 12.2. The maximum Gasteiger partial charge on any atom is 0.390 e. The fraction of sp³-hybridized carbons (Fsp3) is 0.250. The minimum Gasteiger partial charge on any atom is -0.426 e. The van der Waals surface area contributed by atoms with Gasteiger partial charge in [0, 0.05) is 0 Å². The van der Waals surface area contributed by atoms with Crippen LogP contribution in [0.2, 0.25) is 0 Å². The molecule has 0 spiro atoms. The van der Waals surface area contributed by atoms with Crippen molar-refractivity contribution in [2.75, 3.05) is 0 Å². The first-order valence-corrected chi connectivity index (χ1v) is 8.04. The first-order valence-electron chi connectivity index (χ1n) is 8.04. The van der Waals surface area contributed by atoms with Gasteiger partial charge in [-0.1, -0.05) is 51.1 Å². The second kappa shape index (κ2) is 8.29. The summed E-state index contributed by atoms with van der Waals surface area (Å²) in [4.78, 5) is 45.1. The number of hydrogen-bond acceptors (Lipinski definition) is 6. The summed E-state index contributed by atoms with van der Waals surface area (Å²) in [6.07, 6.45) is 0.180. The van der Waals surface area contributed by atoms with Crippen LogP contribution in [0.1, 0.15) is 47.9 Å². The molecule has 0 radical (unpaired) electrons. The molecule has 0 aliphatic rings. The van der Waals surface area contributed by atoms with Crippen molar-refractivity contribution >= 4 is 17.9 Å². The molecule has 0 amide bonds. The van der Waals surface area contributed by atoms with E-state index < -0.39 is 17.9 Å². The van der Waals surface area contributed by atoms with Crippen molar-refractivity contribution in [1.82, 2.24) is 0 Å². The Balaban J connectivity index is 2.03. The van der Waals surface area contributed by atoms with E-state index in [4.69, 9.17) is 4.74 Å². The molecular formula is C20H20O6. The van der Waals surface area contributed by atoms with Crippen LogP contribution >= 0.6 is 0 Å². The summed E-state index contributed by atoms with van der Waals surface area (Å²) >= 11 is 0. The van der Waals surface area contributed by atoms with Gasteiger partial charge in [0.05, 0.1) is 12.0 Å². The molecule has 2 aromatic rings. The number of benzene rings is 2. The lowest BCUT2D eigenvalue weighted by Gasteiger charge is -2.17. The van der Waals surface area contributed by atoms with Crippen LogP contribution in [0, 0.1) is 5.41 Å². The van der Waals surface area contributed by atoms with Gasteiger partial charge in [-0.25, -0.2) is 19.4 Å². The van der Waals surface area contributed by atoms with Crippen molar-refractivity contribution in [3.63, 3.8) is 0 Å². The highest BCUT2D eigenvalue weighted by Gasteiger charge is 2.22. The molecular weight excluding hydrogens is 336 g/mol. The molecule has 0 N–H and O–H groups in total. The Hall–Kier alpha value is -3.15. The van der Waals surface area contributed by atoms with Gasteiger partial charge < -0.3 is 4.74 Å². The van der Waals surface area contributed by atoms with Gasteiger partial charge in [0.2, 0.25) is 0 Å². The van der Waals surface area contributed by atoms with E-state index in [-0.39, 0.29) is 28.7 Å². The lowest BCUT2D eigenvalue weighted by molar-refractivity contribution is -0.187. The summed E-state index contributed by atoms with van der Waals surface area (Å²) in [6.45, 7) is 5.70. The SMILES string of the molecule is CC(C)(C)CC(=O)Oc1ccccc1C(=O)OOC(=O)c1ccccc1. The fourth-order valence-corrected chi connectivity index (χ4v) is 2.06. The molecule has 0 aromatic heterocycles. The molecule has 6 nitrogen and oxygen atoms in total. The molecule has 136 valence electrons. The number of carbonyl (C=O) groups excluding carboxylic acids is 3. The monoisotopic (exact) mass is 356 g/mol. The summed E-state index contributed by atoms with van der Waals surface area (Å²) in [5.41, 5.74) is -0.0293. The first-order chi connectivity index (χ1) is 12.3. The van der Waals surface area contributed by atoms with Gasteiger partial charge in [0.15, 0.2) is 0 Å². The molecule has 0 aliphatic heterocycles. The zero-order chi connectivity index (χ0) is 19.2. The van der Waals surface area contributed by atoms with E-state index in [0.717, 1.165) is 0 Å². The molecule has 0 fully saturated rings. The zero-order valence-electron chi connectivity index (χ0n) is 14.9. The molecule has 0 saturated carbocycles. The van der Waals surface area contributed by atoms with Crippen LogP contribution < -0.4 is 4.74 Å². The first kappa shape index (κ1) is 19.2. The van der Waals surface area contributed by atoms with Gasteiger partial charge in [0.25, 0.3) is 0 Å². The predicted molar refractivity (Wildman–Crippen MR) is 93.4 cm³/mol. The van der Waals surface area contributed by atoms with E-state index in [1.165, 1.54) is 24.3 Å². The van der Waals surface area contributed by atoms with Crippen LogP contribution in [0.25, 0.3) is 0 Å². The van der Waals surface area contributed by atoms with Gasteiger partial charge in [-0.15, -0.1) is 0 Å². The van der Waals surface area contributed by atoms with Gasteiger partial charge in [-0.05, 0) is 29.7 Å². The quantitative estimate of drug-likeness (QED) is 0.357. The third-order valence-electron chi connectivity index (χ3n) is 3.21. The van der Waals surface area contributed by atoms with Crippen LogP contribution in [0.4, 0.5) is 0 Å². The third-order valence-corrected chi connectivity index (χ3v) is 3.21. The summed E-state index contributed by atoms with van der Waals surface area (Å²) in [5, 5.41) is 0. The van der Waals surface area contributed by atoms with Crippen LogP contribution in [0.3, 0.4) is 0 Å². The average Bonchev–Trinajstić information content (AvgIpc) is 2.59. The largest absolute Gasteiger partial charge is 0.426 e. The standard InChI is InChI=1S/C20H20O6/c1-20(2,3)13-17(21)24-16-12-8-7-11-15(16)19(23)26-25-18(22)14-9-5-4-6-10-14/h4-12H,13H2,1-3H3. The molecule has 2 rings (SSSR count). The Morgan fingerprint density at radius 2 is 1.38 bits per heavy atom. The van der Waals surface area contributed by atoms with E-state index in [1.807, 2.05) is 20.8 Å². The Kier molecular flexibility index (Phi) is 6.11. The zero-order valence-corrected chi connectivity index (χ0v) is 14.9. The highest BCUT2D eigenvalue weighted by Crippen LogP contribution is 2.23. The number of esters is 1. The topological polar surface area (TPSA) is 78.9 Å². The van der Waals surface area contributed by atoms with E-state index in [0.29, 0.717) is 0 Å². The molecule has 0 unspecified atom stereocenters. The van der Waals surface area contributed by atoms with Gasteiger partial charge in [-0.2, -0.15) is 0 Å². The number of para-hydroxylation sites is 1. The normalized spacial score (nSPS) is 10.7. The second-order valence-corrected chi connectivity index (χ2v) is 6.82. The molecule has 6 heteroatoms. The van der Waals surface area contributed by atoms with Gasteiger partial charge in [-0.3, -0.25) is 4.79 Å². The number of carbonyl (C=O) groups is 3. The van der Waals surface area contributed by atoms with E-state index >= 15 is 0 Å². The second-order valence-electron chi connectivity index (χ2n) is 6.82. The van der Waals surface area contributed by atoms with Crippen molar-refractivity contribution in [3.05, 3.63) is 65.7 Å². The molecule has 26 heavy (non-hydrogen) atoms. The summed E-state index contributed by atoms with van der Waals surface area (Å²) in [7, 11) is 0. The molecule has 0 heterocycles. The Morgan fingerprint density at radius 3 is 2.04 bits per heavy atom. The number of hydrogen-bond donors (Lipinski definition) is 0. The van der Waals surface area contributed by atoms with Crippen molar-refractivity contribution in [2.24, 2.45) is 5.41 Å². The molecule has 0 saturated heterocycles. The van der Waals surface area contributed by atoms with Crippen molar-refractivity contribution in [2.45, 2.75) is 27.2 Å². The van der Waals surface area contributed by atoms with Gasteiger partial charge in [0.1, 0.15) is 11.3 Å². The fourth-order valence-electron chi connectivity index (χ4n) is 2.06. The van der Waals surface area contributed by atoms with Gasteiger partial charge >= 0.3 is 17.9 Å². The van der Waals surface area contributed by atoms with Crippen LogP contribution in [0.15, 0.2) is 54.6 Å². The minimum absolute atomic E-state index is 0.0179. The highest BCUT2D eigenvalue weighted by atomic mass is 17.2.